The van der Waals surface area contributed by atoms with Crippen molar-refractivity contribution in [2.24, 2.45) is 0 Å². The van der Waals surface area contributed by atoms with E-state index in [-0.39, 0.29) is 96.5 Å². The van der Waals surface area contributed by atoms with Crippen LogP contribution in [0.2, 0.25) is 0 Å². The molecule has 0 radical (unpaired) electrons. The standard InChI is InChI=1S/C12H20N2O7S2.2Na/c13-11-4-3-10(9-12(11)15)14(5-1-7-22(16,17)18)6-2-8-23(19,20)21;;/h3-4,9,15H,1-2,5-8,13H2,(H,16,17,18)(H,19,20,21);;/q;2*+1/p-2. The van der Waals surface area contributed by atoms with Gasteiger partial charge in [0.25, 0.3) is 0 Å². The maximum absolute atomic E-state index is 10.6. The molecule has 0 bridgehead atoms. The molecule has 0 amide bonds. The van der Waals surface area contributed by atoms with Crippen LogP contribution in [0.25, 0.3) is 0 Å². The van der Waals surface area contributed by atoms with Gasteiger partial charge in [-0.05, 0) is 25.0 Å². The molecule has 0 spiro atoms. The Labute approximate surface area is 192 Å². The van der Waals surface area contributed by atoms with Crippen LogP contribution in [-0.4, -0.2) is 55.6 Å². The van der Waals surface area contributed by atoms with Crippen LogP contribution in [0.5, 0.6) is 5.75 Å². The summed E-state index contributed by atoms with van der Waals surface area (Å²) in [5.41, 5.74) is 6.12. The first kappa shape index (κ1) is 27.7. The predicted molar refractivity (Wildman–Crippen MR) is 83.1 cm³/mol. The zero-order valence-electron chi connectivity index (χ0n) is 14.2. The van der Waals surface area contributed by atoms with Crippen molar-refractivity contribution in [1.29, 1.82) is 0 Å². The van der Waals surface area contributed by atoms with Crippen LogP contribution in [0.15, 0.2) is 18.2 Å². The third-order valence-electron chi connectivity index (χ3n) is 3.02. The van der Waals surface area contributed by atoms with E-state index in [4.69, 9.17) is 5.73 Å². The Bertz CT molecular complexity index is 704. The fourth-order valence-electron chi connectivity index (χ4n) is 1.96. The van der Waals surface area contributed by atoms with Gasteiger partial charge in [-0.2, -0.15) is 0 Å². The van der Waals surface area contributed by atoms with E-state index < -0.39 is 31.7 Å². The van der Waals surface area contributed by atoms with Gasteiger partial charge in [-0.3, -0.25) is 0 Å². The fourth-order valence-corrected chi connectivity index (χ4v) is 2.93. The van der Waals surface area contributed by atoms with Crippen molar-refractivity contribution in [2.45, 2.75) is 12.8 Å². The second-order valence-corrected chi connectivity index (χ2v) is 8.01. The minimum Gasteiger partial charge on any atom is -0.748 e. The molecule has 0 aromatic heterocycles. The van der Waals surface area contributed by atoms with Gasteiger partial charge in [0.15, 0.2) is 0 Å². The van der Waals surface area contributed by atoms with Crippen LogP contribution in [0.1, 0.15) is 12.8 Å². The summed E-state index contributed by atoms with van der Waals surface area (Å²) in [7, 11) is -8.71. The number of nitrogen functional groups attached to an aromatic ring is 1. The van der Waals surface area contributed by atoms with Crippen LogP contribution < -0.4 is 69.7 Å². The molecule has 0 unspecified atom stereocenters. The van der Waals surface area contributed by atoms with E-state index in [9.17, 15) is 31.0 Å². The average Bonchev–Trinajstić information content (AvgIpc) is 2.37. The van der Waals surface area contributed by atoms with Gasteiger partial charge in [0.2, 0.25) is 0 Å². The first-order valence-electron chi connectivity index (χ1n) is 6.68. The summed E-state index contributed by atoms with van der Waals surface area (Å²) >= 11 is 0. The fraction of sp³-hybridized carbons (Fsp3) is 0.500. The monoisotopic (exact) mass is 412 g/mol. The number of hydrogen-bond donors (Lipinski definition) is 2. The van der Waals surface area contributed by atoms with Gasteiger partial charge in [0.05, 0.1) is 25.9 Å². The van der Waals surface area contributed by atoms with E-state index in [0.29, 0.717) is 5.69 Å². The molecule has 0 aliphatic heterocycles. The molecule has 3 N–H and O–H groups in total. The van der Waals surface area contributed by atoms with Gasteiger partial charge in [-0.1, -0.05) is 0 Å². The molecule has 1 aromatic carbocycles. The predicted octanol–water partition coefficient (Wildman–Crippen LogP) is -6.34. The molecular formula is C12H18N2Na2O7S2. The molecule has 1 rings (SSSR count). The summed E-state index contributed by atoms with van der Waals surface area (Å²) in [6.07, 6.45) is 0.0577. The smallest absolute Gasteiger partial charge is 0.748 e. The number of nitrogens with zero attached hydrogens (tertiary/aromatic N) is 1. The first-order chi connectivity index (χ1) is 10.5. The topological polar surface area (TPSA) is 164 Å². The summed E-state index contributed by atoms with van der Waals surface area (Å²) in [6, 6.07) is 4.34. The Hall–Kier alpha value is 0.440. The molecule has 0 aliphatic carbocycles. The zero-order valence-corrected chi connectivity index (χ0v) is 19.8. The Balaban J connectivity index is 0. The molecule has 9 nitrogen and oxygen atoms in total. The van der Waals surface area contributed by atoms with Gasteiger partial charge in [0.1, 0.15) is 5.75 Å². The molecule has 0 heterocycles. The molecule has 0 saturated carbocycles. The van der Waals surface area contributed by atoms with Gasteiger partial charge < -0.3 is 24.8 Å². The van der Waals surface area contributed by atoms with Crippen molar-refractivity contribution in [3.63, 3.8) is 0 Å². The van der Waals surface area contributed by atoms with Crippen molar-refractivity contribution in [1.82, 2.24) is 0 Å². The number of phenolic OH excluding ortho intramolecular Hbond substituents is 1. The molecular weight excluding hydrogens is 394 g/mol. The Kier molecular flexibility index (Phi) is 13.3. The van der Waals surface area contributed by atoms with E-state index in [2.05, 4.69) is 0 Å². The molecule has 0 atom stereocenters. The molecule has 0 saturated heterocycles. The van der Waals surface area contributed by atoms with E-state index in [1.54, 1.807) is 11.0 Å². The van der Waals surface area contributed by atoms with Crippen molar-refractivity contribution in [3.8, 4) is 5.75 Å². The molecule has 0 aliphatic rings. The first-order valence-corrected chi connectivity index (χ1v) is 9.84. The molecule has 13 heteroatoms. The minimum atomic E-state index is -4.35. The number of anilines is 2. The van der Waals surface area contributed by atoms with Crippen LogP contribution >= 0.6 is 0 Å². The molecule has 0 fully saturated rings. The number of rotatable bonds is 9. The van der Waals surface area contributed by atoms with E-state index in [0.717, 1.165) is 0 Å². The van der Waals surface area contributed by atoms with E-state index >= 15 is 0 Å². The average molecular weight is 412 g/mol. The number of aromatic hydroxyl groups is 1. The third-order valence-corrected chi connectivity index (χ3v) is 4.60. The van der Waals surface area contributed by atoms with Crippen molar-refractivity contribution >= 4 is 31.6 Å². The summed E-state index contributed by atoms with van der Waals surface area (Å²) in [5.74, 6) is -1.31. The van der Waals surface area contributed by atoms with Crippen LogP contribution in [0.4, 0.5) is 11.4 Å². The van der Waals surface area contributed by atoms with Gasteiger partial charge in [0, 0.05) is 36.3 Å². The maximum atomic E-state index is 10.6. The van der Waals surface area contributed by atoms with Crippen LogP contribution in [0, 0.1) is 0 Å². The second kappa shape index (κ2) is 12.0. The van der Waals surface area contributed by atoms with Gasteiger partial charge in [-0.15, -0.1) is 0 Å². The summed E-state index contributed by atoms with van der Waals surface area (Å²) in [6.45, 7) is 0.285. The largest absolute Gasteiger partial charge is 1.00 e. The Morgan fingerprint density at radius 1 is 0.960 bits per heavy atom. The Morgan fingerprint density at radius 2 is 1.40 bits per heavy atom. The SMILES string of the molecule is Nc1ccc(N(CCCS(=O)(=O)[O-])CCCS(=O)(=O)[O-])cc1O.[Na+].[Na+]. The molecule has 1 aromatic rings. The number of hydrogen-bond acceptors (Lipinski definition) is 9. The maximum Gasteiger partial charge on any atom is 1.00 e. The van der Waals surface area contributed by atoms with Crippen molar-refractivity contribution in [2.75, 3.05) is 35.2 Å². The molecule has 132 valence electrons. The second-order valence-electron chi connectivity index (χ2n) is 4.96. The number of nitrogens with two attached hydrogens (primary N) is 1. The van der Waals surface area contributed by atoms with E-state index in [1.165, 1.54) is 12.1 Å². The third kappa shape index (κ3) is 12.5. The summed E-state index contributed by atoms with van der Waals surface area (Å²) < 4.78 is 63.9. The molecule has 25 heavy (non-hydrogen) atoms. The van der Waals surface area contributed by atoms with Gasteiger partial charge >= 0.3 is 59.1 Å². The Morgan fingerprint density at radius 3 is 1.76 bits per heavy atom. The number of phenols is 1. The quantitative estimate of drug-likeness (QED) is 0.174. The zero-order chi connectivity index (χ0) is 17.7. The summed E-state index contributed by atoms with van der Waals surface area (Å²) in [4.78, 5) is 1.58. The van der Waals surface area contributed by atoms with Gasteiger partial charge in [-0.25, -0.2) is 16.8 Å². The number of benzene rings is 1. The van der Waals surface area contributed by atoms with Crippen molar-refractivity contribution < 1.29 is 90.2 Å². The van der Waals surface area contributed by atoms with E-state index in [1.807, 2.05) is 0 Å². The van der Waals surface area contributed by atoms with Crippen LogP contribution in [-0.2, 0) is 20.2 Å². The normalized spacial score (nSPS) is 11.3. The van der Waals surface area contributed by atoms with Crippen LogP contribution in [0.3, 0.4) is 0 Å². The minimum absolute atomic E-state index is 0. The summed E-state index contributed by atoms with van der Waals surface area (Å²) in [5, 5.41) is 9.61. The van der Waals surface area contributed by atoms with Crippen molar-refractivity contribution in [3.05, 3.63) is 18.2 Å².